The van der Waals surface area contributed by atoms with E-state index in [-0.39, 0.29) is 5.91 Å². The lowest BCUT2D eigenvalue weighted by Crippen LogP contribution is -2.26. The van der Waals surface area contributed by atoms with E-state index in [4.69, 9.17) is 16.0 Å². The average Bonchev–Trinajstić information content (AvgIpc) is 2.86. The maximum absolute atomic E-state index is 11.3. The largest absolute Gasteiger partial charge is 0.441 e. The zero-order valence-electron chi connectivity index (χ0n) is 13.0. The Hall–Kier alpha value is -1.85. The minimum atomic E-state index is 0.0282. The van der Waals surface area contributed by atoms with Crippen LogP contribution in [0.25, 0.3) is 11.5 Å². The molecule has 0 spiro atoms. The molecule has 6 heteroatoms. The van der Waals surface area contributed by atoms with Crippen LogP contribution in [0.3, 0.4) is 0 Å². The van der Waals surface area contributed by atoms with Crippen LogP contribution in [-0.2, 0) is 11.3 Å². The summed E-state index contributed by atoms with van der Waals surface area (Å²) in [6, 6.07) is 7.46. The third kappa shape index (κ3) is 4.08. The number of amides is 1. The number of halogens is 1. The molecule has 0 aliphatic heterocycles. The molecule has 1 aromatic carbocycles. The fraction of sp³-hybridized carbons (Fsp3) is 0.375. The van der Waals surface area contributed by atoms with Gasteiger partial charge >= 0.3 is 0 Å². The van der Waals surface area contributed by atoms with Gasteiger partial charge in [0, 0.05) is 26.6 Å². The highest BCUT2D eigenvalue weighted by molar-refractivity contribution is 6.33. The summed E-state index contributed by atoms with van der Waals surface area (Å²) in [5.74, 6) is 1.32. The van der Waals surface area contributed by atoms with Gasteiger partial charge in [-0.3, -0.25) is 9.69 Å². The molecule has 0 saturated carbocycles. The molecular weight excluding hydrogens is 302 g/mol. The van der Waals surface area contributed by atoms with Crippen molar-refractivity contribution in [1.29, 1.82) is 0 Å². The maximum atomic E-state index is 11.3. The summed E-state index contributed by atoms with van der Waals surface area (Å²) < 4.78 is 5.73. The molecule has 118 valence electrons. The Morgan fingerprint density at radius 2 is 2.14 bits per heavy atom. The molecule has 0 bridgehead atoms. The van der Waals surface area contributed by atoms with Crippen LogP contribution in [0, 0.1) is 6.92 Å². The zero-order valence-corrected chi connectivity index (χ0v) is 13.8. The van der Waals surface area contributed by atoms with Crippen LogP contribution in [0.4, 0.5) is 0 Å². The first-order valence-corrected chi connectivity index (χ1v) is 7.49. The van der Waals surface area contributed by atoms with E-state index in [9.17, 15) is 4.79 Å². The molecule has 1 N–H and O–H groups in total. The highest BCUT2D eigenvalue weighted by Gasteiger charge is 2.15. The van der Waals surface area contributed by atoms with Gasteiger partial charge < -0.3 is 9.73 Å². The molecule has 2 rings (SSSR count). The molecule has 1 amide bonds. The van der Waals surface area contributed by atoms with Gasteiger partial charge in [0.2, 0.25) is 11.8 Å². The van der Waals surface area contributed by atoms with Crippen molar-refractivity contribution in [2.24, 2.45) is 0 Å². The number of aryl methyl sites for hydroxylation is 1. The van der Waals surface area contributed by atoms with Gasteiger partial charge in [-0.25, -0.2) is 4.98 Å². The van der Waals surface area contributed by atoms with E-state index in [1.165, 1.54) is 0 Å². The quantitative estimate of drug-likeness (QED) is 0.888. The monoisotopic (exact) mass is 321 g/mol. The predicted molar refractivity (Wildman–Crippen MR) is 86.7 cm³/mol. The second-order valence-corrected chi connectivity index (χ2v) is 5.57. The van der Waals surface area contributed by atoms with Crippen molar-refractivity contribution in [3.05, 3.63) is 40.7 Å². The Morgan fingerprint density at radius 3 is 2.82 bits per heavy atom. The number of oxazole rings is 1. The van der Waals surface area contributed by atoms with Crippen LogP contribution in [0.5, 0.6) is 0 Å². The van der Waals surface area contributed by atoms with E-state index in [1.807, 2.05) is 43.1 Å². The molecular formula is C16H20ClN3O2. The molecule has 1 heterocycles. The van der Waals surface area contributed by atoms with Crippen LogP contribution < -0.4 is 5.32 Å². The van der Waals surface area contributed by atoms with Gasteiger partial charge in [0.1, 0.15) is 5.76 Å². The average molecular weight is 322 g/mol. The molecule has 0 fully saturated rings. The molecule has 0 unspecified atom stereocenters. The molecule has 2 aromatic rings. The molecule has 22 heavy (non-hydrogen) atoms. The number of carbonyl (C=O) groups is 1. The number of hydrogen-bond acceptors (Lipinski definition) is 4. The first-order valence-electron chi connectivity index (χ1n) is 7.11. The van der Waals surface area contributed by atoms with E-state index >= 15 is 0 Å². The van der Waals surface area contributed by atoms with Gasteiger partial charge in [-0.05, 0) is 26.1 Å². The van der Waals surface area contributed by atoms with Crippen LogP contribution in [0.1, 0.15) is 17.9 Å². The lowest BCUT2D eigenvalue weighted by Gasteiger charge is -2.14. The summed E-state index contributed by atoms with van der Waals surface area (Å²) >= 11 is 6.17. The maximum Gasteiger partial charge on any atom is 0.228 e. The number of rotatable bonds is 6. The molecule has 0 aliphatic carbocycles. The fourth-order valence-electron chi connectivity index (χ4n) is 2.08. The number of nitrogens with zero attached hydrogens (tertiary/aromatic N) is 2. The van der Waals surface area contributed by atoms with Crippen LogP contribution >= 0.6 is 11.6 Å². The van der Waals surface area contributed by atoms with E-state index in [0.29, 0.717) is 30.4 Å². The van der Waals surface area contributed by atoms with E-state index in [2.05, 4.69) is 10.3 Å². The highest BCUT2D eigenvalue weighted by Crippen LogP contribution is 2.28. The third-order valence-corrected chi connectivity index (χ3v) is 3.75. The van der Waals surface area contributed by atoms with Crippen LogP contribution in [0.15, 0.2) is 28.7 Å². The zero-order chi connectivity index (χ0) is 16.1. The summed E-state index contributed by atoms with van der Waals surface area (Å²) in [5, 5.41) is 3.23. The van der Waals surface area contributed by atoms with Crippen molar-refractivity contribution in [2.75, 3.05) is 20.6 Å². The molecule has 1 aromatic heterocycles. The van der Waals surface area contributed by atoms with E-state index < -0.39 is 0 Å². The molecule has 5 nitrogen and oxygen atoms in total. The Balaban J connectivity index is 2.07. The van der Waals surface area contributed by atoms with Gasteiger partial charge in [0.05, 0.1) is 16.3 Å². The topological polar surface area (TPSA) is 58.4 Å². The predicted octanol–water partition coefficient (Wildman–Crippen LogP) is 2.87. The standard InChI is InChI=1S/C16H20ClN3O2/c1-11-14(10-20(3)9-8-15(21)18-2)19-16(22-11)12-6-4-5-7-13(12)17/h4-7H,8-10H2,1-3H3,(H,18,21). The lowest BCUT2D eigenvalue weighted by atomic mass is 10.2. The van der Waals surface area contributed by atoms with Gasteiger partial charge in [-0.2, -0.15) is 0 Å². The molecule has 0 radical (unpaired) electrons. The lowest BCUT2D eigenvalue weighted by molar-refractivity contribution is -0.120. The summed E-state index contributed by atoms with van der Waals surface area (Å²) in [6.45, 7) is 3.17. The minimum absolute atomic E-state index is 0.0282. The van der Waals surface area contributed by atoms with Gasteiger partial charge in [0.25, 0.3) is 0 Å². The molecule has 0 atom stereocenters. The van der Waals surface area contributed by atoms with Gasteiger partial charge in [0.15, 0.2) is 0 Å². The second-order valence-electron chi connectivity index (χ2n) is 5.16. The van der Waals surface area contributed by atoms with Crippen molar-refractivity contribution in [3.63, 3.8) is 0 Å². The normalized spacial score (nSPS) is 11.0. The Kier molecular flexibility index (Phi) is 5.57. The van der Waals surface area contributed by atoms with Crippen molar-refractivity contribution < 1.29 is 9.21 Å². The highest BCUT2D eigenvalue weighted by atomic mass is 35.5. The summed E-state index contributed by atoms with van der Waals surface area (Å²) in [7, 11) is 3.59. The Morgan fingerprint density at radius 1 is 1.41 bits per heavy atom. The SMILES string of the molecule is CNC(=O)CCN(C)Cc1nc(-c2ccccc2Cl)oc1C. The number of aromatic nitrogens is 1. The number of benzene rings is 1. The Bertz CT molecular complexity index is 655. The van der Waals surface area contributed by atoms with Crippen molar-refractivity contribution >= 4 is 17.5 Å². The van der Waals surface area contributed by atoms with Crippen LogP contribution in [-0.4, -0.2) is 36.4 Å². The summed E-state index contributed by atoms with van der Waals surface area (Å²) in [4.78, 5) is 17.8. The molecule has 0 aliphatic rings. The van der Waals surface area contributed by atoms with Crippen LogP contribution in [0.2, 0.25) is 5.02 Å². The van der Waals surface area contributed by atoms with Gasteiger partial charge in [-0.1, -0.05) is 23.7 Å². The second kappa shape index (κ2) is 7.42. The smallest absolute Gasteiger partial charge is 0.228 e. The number of nitrogens with one attached hydrogen (secondary N) is 1. The van der Waals surface area contributed by atoms with Crippen molar-refractivity contribution in [1.82, 2.24) is 15.2 Å². The first kappa shape index (κ1) is 16.5. The minimum Gasteiger partial charge on any atom is -0.441 e. The van der Waals surface area contributed by atoms with Gasteiger partial charge in [-0.15, -0.1) is 0 Å². The summed E-state index contributed by atoms with van der Waals surface area (Å²) in [6.07, 6.45) is 0.460. The Labute approximate surface area is 135 Å². The number of hydrogen-bond donors (Lipinski definition) is 1. The number of carbonyl (C=O) groups excluding carboxylic acids is 1. The van der Waals surface area contributed by atoms with E-state index in [1.54, 1.807) is 7.05 Å². The third-order valence-electron chi connectivity index (χ3n) is 3.42. The fourth-order valence-corrected chi connectivity index (χ4v) is 2.29. The summed E-state index contributed by atoms with van der Waals surface area (Å²) in [5.41, 5.74) is 1.64. The van der Waals surface area contributed by atoms with Crippen molar-refractivity contribution in [3.8, 4) is 11.5 Å². The van der Waals surface area contributed by atoms with E-state index in [0.717, 1.165) is 17.0 Å². The van der Waals surface area contributed by atoms with Crippen molar-refractivity contribution in [2.45, 2.75) is 19.9 Å². The molecule has 0 saturated heterocycles. The first-order chi connectivity index (χ1) is 10.5.